The van der Waals surface area contributed by atoms with Crippen LogP contribution in [0.4, 0.5) is 0 Å². The first-order valence-corrected chi connectivity index (χ1v) is 7.00. The molecule has 3 heteroatoms. The van der Waals surface area contributed by atoms with Gasteiger partial charge in [0.2, 0.25) is 0 Å². The fourth-order valence-electron chi connectivity index (χ4n) is 1.55. The predicted octanol–water partition coefficient (Wildman–Crippen LogP) is -1.12. The van der Waals surface area contributed by atoms with Gasteiger partial charge in [0, 0.05) is 0 Å². The number of rotatable bonds is 6. The molecular weight excluding hydrogens is 196 g/mol. The van der Waals surface area contributed by atoms with Crippen molar-refractivity contribution in [3.05, 3.63) is 0 Å². The first kappa shape index (κ1) is 15.7. The SMILES string of the molecule is CCCCC(CC)C[CH]([Mg+])[SiH3].[Cl-]. The second-order valence-electron chi connectivity index (χ2n) is 3.76. The Morgan fingerprint density at radius 2 is 1.92 bits per heavy atom. The Labute approximate surface area is 99.5 Å². The van der Waals surface area contributed by atoms with Crippen LogP contribution in [-0.4, -0.2) is 32.0 Å². The van der Waals surface area contributed by atoms with Crippen molar-refractivity contribution in [1.29, 1.82) is 0 Å². The summed E-state index contributed by atoms with van der Waals surface area (Å²) in [6.45, 7) is 4.63. The maximum absolute atomic E-state index is 2.34. The molecule has 0 aliphatic heterocycles. The molecule has 0 amide bonds. The van der Waals surface area contributed by atoms with Gasteiger partial charge in [-0.2, -0.15) is 0 Å². The topological polar surface area (TPSA) is 0 Å². The van der Waals surface area contributed by atoms with Crippen LogP contribution in [-0.2, 0) is 0 Å². The summed E-state index contributed by atoms with van der Waals surface area (Å²) < 4.78 is 1.05. The quantitative estimate of drug-likeness (QED) is 0.494. The first-order chi connectivity index (χ1) is 5.20. The third-order valence-corrected chi connectivity index (χ3v) is 3.08. The summed E-state index contributed by atoms with van der Waals surface area (Å²) in [6.07, 6.45) is 7.19. The van der Waals surface area contributed by atoms with Crippen LogP contribution in [0.2, 0.25) is 3.67 Å². The summed E-state index contributed by atoms with van der Waals surface area (Å²) in [5.41, 5.74) is 0. The van der Waals surface area contributed by atoms with Gasteiger partial charge in [-0.25, -0.2) is 0 Å². The second-order valence-corrected chi connectivity index (χ2v) is 8.42. The Kier molecular flexibility index (Phi) is 13.6. The first-order valence-electron chi connectivity index (χ1n) is 5.03. The van der Waals surface area contributed by atoms with Crippen molar-refractivity contribution in [3.63, 3.8) is 0 Å². The molecule has 0 spiro atoms. The van der Waals surface area contributed by atoms with Crippen LogP contribution in [0.15, 0.2) is 0 Å². The molecule has 0 aromatic carbocycles. The zero-order valence-electron chi connectivity index (χ0n) is 8.78. The third kappa shape index (κ3) is 9.36. The summed E-state index contributed by atoms with van der Waals surface area (Å²) in [5, 5.41) is 0. The molecule has 0 aromatic rings. The van der Waals surface area contributed by atoms with E-state index in [0.29, 0.717) is 0 Å². The van der Waals surface area contributed by atoms with Crippen molar-refractivity contribution in [2.75, 3.05) is 0 Å². The van der Waals surface area contributed by atoms with Crippen LogP contribution in [0.1, 0.15) is 46.0 Å². The Bertz CT molecular complexity index is 88.6. The number of hydrogen-bond acceptors (Lipinski definition) is 0. The van der Waals surface area contributed by atoms with E-state index in [1.54, 1.807) is 0 Å². The molecule has 0 aromatic heterocycles. The van der Waals surface area contributed by atoms with Gasteiger partial charge in [0.05, 0.1) is 0 Å². The molecule has 0 radical (unpaired) electrons. The van der Waals surface area contributed by atoms with E-state index >= 15 is 0 Å². The van der Waals surface area contributed by atoms with Crippen LogP contribution in [0.5, 0.6) is 0 Å². The van der Waals surface area contributed by atoms with Gasteiger partial charge in [-0.3, -0.25) is 0 Å². The maximum atomic E-state index is 2.34. The third-order valence-electron chi connectivity index (χ3n) is 2.28. The van der Waals surface area contributed by atoms with Crippen molar-refractivity contribution in [1.82, 2.24) is 0 Å². The van der Waals surface area contributed by atoms with Crippen molar-refractivity contribution in [2.24, 2.45) is 5.92 Å². The summed E-state index contributed by atoms with van der Waals surface area (Å²) in [4.78, 5) is 0. The molecule has 0 saturated heterocycles. The van der Waals surface area contributed by atoms with Crippen molar-refractivity contribution >= 4 is 32.0 Å². The van der Waals surface area contributed by atoms with Crippen LogP contribution >= 0.6 is 0 Å². The molecule has 2 unspecified atom stereocenters. The van der Waals surface area contributed by atoms with E-state index in [2.05, 4.69) is 35.6 Å². The number of halogens is 1. The van der Waals surface area contributed by atoms with Gasteiger partial charge in [-0.15, -0.1) is 0 Å². The molecule has 12 heavy (non-hydrogen) atoms. The zero-order valence-corrected chi connectivity index (χ0v) is 12.9. The van der Waals surface area contributed by atoms with Crippen molar-refractivity contribution < 1.29 is 12.4 Å². The minimum absolute atomic E-state index is 0. The molecule has 70 valence electrons. The van der Waals surface area contributed by atoms with Crippen molar-refractivity contribution in [3.8, 4) is 0 Å². The van der Waals surface area contributed by atoms with Gasteiger partial charge >= 0.3 is 87.5 Å². The summed E-state index contributed by atoms with van der Waals surface area (Å²) in [5.74, 6) is 1.04. The van der Waals surface area contributed by atoms with E-state index in [-0.39, 0.29) is 12.4 Å². The van der Waals surface area contributed by atoms with Gasteiger partial charge in [0.25, 0.3) is 0 Å². The fraction of sp³-hybridized carbons (Fsp3) is 1.00. The number of hydrogen-bond donors (Lipinski definition) is 0. The average molecular weight is 217 g/mol. The molecule has 2 atom stereocenters. The monoisotopic (exact) mass is 216 g/mol. The second kappa shape index (κ2) is 10.4. The molecule has 0 aliphatic rings. The fourth-order valence-corrected chi connectivity index (χ4v) is 2.69. The standard InChI is InChI=1S/C9H21Si.ClH.Mg/c1-3-5-6-9(4-2)7-8-10;;/h8-9H,3-7H2,1-2,10H3;1H;/q;;+1/p-1. The van der Waals surface area contributed by atoms with E-state index in [0.717, 1.165) is 9.59 Å². The van der Waals surface area contributed by atoms with E-state index in [1.165, 1.54) is 42.3 Å². The maximum Gasteiger partial charge on any atom is -1.00 e. The van der Waals surface area contributed by atoms with Crippen LogP contribution in [0, 0.1) is 5.92 Å². The number of unbranched alkanes of at least 4 members (excludes halogenated alkanes) is 1. The predicted molar refractivity (Wildman–Crippen MR) is 57.4 cm³/mol. The van der Waals surface area contributed by atoms with E-state index < -0.39 is 0 Å². The Morgan fingerprint density at radius 3 is 2.25 bits per heavy atom. The Balaban J connectivity index is 0. The molecule has 0 saturated carbocycles. The Morgan fingerprint density at radius 1 is 1.33 bits per heavy atom. The van der Waals surface area contributed by atoms with Crippen LogP contribution < -0.4 is 12.4 Å². The molecular formula is C9H21ClMgSi. The molecule has 0 fully saturated rings. The summed E-state index contributed by atoms with van der Waals surface area (Å²) in [7, 11) is 1.39. The van der Waals surface area contributed by atoms with E-state index in [1.807, 2.05) is 0 Å². The average Bonchev–Trinajstić information content (AvgIpc) is 1.97. The van der Waals surface area contributed by atoms with Crippen LogP contribution in [0.25, 0.3) is 0 Å². The van der Waals surface area contributed by atoms with Gasteiger partial charge in [0.15, 0.2) is 0 Å². The van der Waals surface area contributed by atoms with Crippen molar-refractivity contribution in [2.45, 2.75) is 49.6 Å². The zero-order chi connectivity index (χ0) is 8.69. The van der Waals surface area contributed by atoms with Gasteiger partial charge in [-0.1, -0.05) is 0 Å². The summed E-state index contributed by atoms with van der Waals surface area (Å²) in [6, 6.07) is 0. The molecule has 0 heterocycles. The van der Waals surface area contributed by atoms with Crippen LogP contribution in [0.3, 0.4) is 0 Å². The molecule has 0 N–H and O–H groups in total. The van der Waals surface area contributed by atoms with Gasteiger partial charge in [0.1, 0.15) is 0 Å². The van der Waals surface area contributed by atoms with Gasteiger partial charge in [-0.05, 0) is 0 Å². The smallest absolute Gasteiger partial charge is 1.00 e. The normalized spacial score (nSPS) is 15.3. The molecule has 0 bridgehead atoms. The molecule has 0 nitrogen and oxygen atoms in total. The molecule has 0 aliphatic carbocycles. The van der Waals surface area contributed by atoms with Gasteiger partial charge < -0.3 is 12.4 Å². The largest absolute Gasteiger partial charge is 1.00 e. The van der Waals surface area contributed by atoms with E-state index in [9.17, 15) is 0 Å². The molecule has 0 rings (SSSR count). The minimum atomic E-state index is 0. The Hall–Kier alpha value is 1.27. The van der Waals surface area contributed by atoms with E-state index in [4.69, 9.17) is 0 Å². The minimum Gasteiger partial charge on any atom is -1.00 e. The summed E-state index contributed by atoms with van der Waals surface area (Å²) >= 11 is 2.20.